The number of thiophene rings is 1. The maximum Gasteiger partial charge on any atom is 0.276 e. The molecule has 7 heteroatoms. The van der Waals surface area contributed by atoms with Crippen LogP contribution in [0.4, 0.5) is 11.5 Å². The number of fused-ring (bicyclic) bond motifs is 4. The van der Waals surface area contributed by atoms with Crippen LogP contribution < -0.4 is 15.1 Å². The van der Waals surface area contributed by atoms with Gasteiger partial charge in [-0.15, -0.1) is 11.3 Å². The molecule has 2 amide bonds. The van der Waals surface area contributed by atoms with Crippen molar-refractivity contribution >= 4 is 34.7 Å². The van der Waals surface area contributed by atoms with Crippen LogP contribution in [0.2, 0.25) is 0 Å². The molecule has 198 valence electrons. The Morgan fingerprint density at radius 1 is 0.872 bits per heavy atom. The zero-order valence-electron chi connectivity index (χ0n) is 22.2. The third-order valence-electron chi connectivity index (χ3n) is 7.56. The highest BCUT2D eigenvalue weighted by atomic mass is 32.1. The molecule has 2 aliphatic rings. The van der Waals surface area contributed by atoms with Crippen molar-refractivity contribution in [2.75, 3.05) is 36.0 Å². The molecule has 0 saturated heterocycles. The summed E-state index contributed by atoms with van der Waals surface area (Å²) in [6, 6.07) is 24.4. The van der Waals surface area contributed by atoms with Gasteiger partial charge < -0.3 is 15.1 Å². The molecule has 0 saturated carbocycles. The highest BCUT2D eigenvalue weighted by molar-refractivity contribution is 7.17. The summed E-state index contributed by atoms with van der Waals surface area (Å²) in [4.78, 5) is 37.4. The highest BCUT2D eigenvalue weighted by Gasteiger charge is 2.28. The number of para-hydroxylation sites is 1. The zero-order chi connectivity index (χ0) is 26.8. The number of carbonyl (C=O) groups excluding carboxylic acids is 2. The van der Waals surface area contributed by atoms with E-state index < -0.39 is 0 Å². The van der Waals surface area contributed by atoms with Crippen LogP contribution in [0.3, 0.4) is 0 Å². The normalized spacial score (nSPS) is 14.5. The van der Waals surface area contributed by atoms with Gasteiger partial charge >= 0.3 is 0 Å². The number of amides is 2. The molecule has 0 spiro atoms. The van der Waals surface area contributed by atoms with E-state index in [1.54, 1.807) is 0 Å². The van der Waals surface area contributed by atoms with Crippen molar-refractivity contribution in [3.8, 4) is 10.4 Å². The lowest BCUT2D eigenvalue weighted by atomic mass is 10.0. The molecule has 4 aromatic rings. The zero-order valence-corrected chi connectivity index (χ0v) is 23.0. The third-order valence-corrected chi connectivity index (χ3v) is 8.77. The Morgan fingerprint density at radius 2 is 1.59 bits per heavy atom. The molecule has 0 bridgehead atoms. The lowest BCUT2D eigenvalue weighted by Crippen LogP contribution is -2.34. The van der Waals surface area contributed by atoms with Crippen molar-refractivity contribution in [3.05, 3.63) is 100 Å². The van der Waals surface area contributed by atoms with Crippen molar-refractivity contribution in [3.63, 3.8) is 0 Å². The van der Waals surface area contributed by atoms with Crippen LogP contribution in [0.1, 0.15) is 50.2 Å². The van der Waals surface area contributed by atoms with Crippen LogP contribution in [-0.2, 0) is 19.3 Å². The van der Waals surface area contributed by atoms with Crippen molar-refractivity contribution in [1.29, 1.82) is 0 Å². The number of rotatable bonds is 5. The molecule has 0 atom stereocenters. The van der Waals surface area contributed by atoms with Gasteiger partial charge in [-0.2, -0.15) is 0 Å². The van der Waals surface area contributed by atoms with Gasteiger partial charge in [-0.1, -0.05) is 55.5 Å². The Bertz CT molecular complexity index is 1500. The quantitative estimate of drug-likeness (QED) is 0.352. The Balaban J connectivity index is 1.26. The molecule has 4 heterocycles. The van der Waals surface area contributed by atoms with Gasteiger partial charge in [-0.25, -0.2) is 4.98 Å². The van der Waals surface area contributed by atoms with Crippen molar-refractivity contribution < 1.29 is 9.59 Å². The largest absolute Gasteiger partial charge is 0.356 e. The Labute approximate surface area is 233 Å². The summed E-state index contributed by atoms with van der Waals surface area (Å²) in [6.45, 7) is 4.99. The standard InChI is InChI=1S/C32H32N4O2S/c1-2-17-33-31(37)28-21-24-16-20-36(27-12-6-5-10-25(27)30(24)39-28)32(38)26-11-7-13-29(34-26)35-18-14-22-8-3-4-9-23(22)15-19-35/h3-13,21H,2,14-20H2,1H3,(H,33,37). The van der Waals surface area contributed by atoms with E-state index >= 15 is 0 Å². The number of carbonyl (C=O) groups is 2. The van der Waals surface area contributed by atoms with Crippen LogP contribution in [-0.4, -0.2) is 43.0 Å². The summed E-state index contributed by atoms with van der Waals surface area (Å²) in [5, 5.41) is 2.98. The molecule has 0 unspecified atom stereocenters. The number of nitrogens with zero attached hydrogens (tertiary/aromatic N) is 3. The van der Waals surface area contributed by atoms with Crippen molar-refractivity contribution in [1.82, 2.24) is 10.3 Å². The third kappa shape index (κ3) is 5.06. The van der Waals surface area contributed by atoms with E-state index in [1.165, 1.54) is 22.5 Å². The number of benzene rings is 2. The minimum Gasteiger partial charge on any atom is -0.356 e. The highest BCUT2D eigenvalue weighted by Crippen LogP contribution is 2.41. The second-order valence-electron chi connectivity index (χ2n) is 10.1. The second-order valence-corrected chi connectivity index (χ2v) is 11.1. The maximum atomic E-state index is 13.9. The Hall–Kier alpha value is -3.97. The smallest absolute Gasteiger partial charge is 0.276 e. The van der Waals surface area contributed by atoms with Gasteiger partial charge in [-0.05, 0) is 66.6 Å². The number of pyridine rings is 1. The molecule has 2 aliphatic heterocycles. The van der Waals surface area contributed by atoms with E-state index in [2.05, 4.69) is 34.5 Å². The summed E-state index contributed by atoms with van der Waals surface area (Å²) in [5.74, 6) is 0.718. The summed E-state index contributed by atoms with van der Waals surface area (Å²) >= 11 is 1.51. The molecule has 39 heavy (non-hydrogen) atoms. The van der Waals surface area contributed by atoms with Crippen LogP contribution in [0.25, 0.3) is 10.4 Å². The fraction of sp³-hybridized carbons (Fsp3) is 0.281. The van der Waals surface area contributed by atoms with E-state index in [1.807, 2.05) is 60.4 Å². The van der Waals surface area contributed by atoms with Crippen LogP contribution >= 0.6 is 11.3 Å². The van der Waals surface area contributed by atoms with Gasteiger partial charge in [0.05, 0.1) is 10.6 Å². The predicted molar refractivity (Wildman–Crippen MR) is 158 cm³/mol. The van der Waals surface area contributed by atoms with Gasteiger partial charge in [0.15, 0.2) is 0 Å². The van der Waals surface area contributed by atoms with E-state index in [0.717, 1.165) is 64.7 Å². The van der Waals surface area contributed by atoms with Crippen LogP contribution in [0.5, 0.6) is 0 Å². The number of anilines is 2. The number of nitrogens with one attached hydrogen (secondary N) is 1. The second kappa shape index (κ2) is 11.0. The summed E-state index contributed by atoms with van der Waals surface area (Å²) in [7, 11) is 0. The molecule has 0 aliphatic carbocycles. The minimum absolute atomic E-state index is 0.0297. The van der Waals surface area contributed by atoms with E-state index in [0.29, 0.717) is 25.2 Å². The molecular formula is C32H32N4O2S. The monoisotopic (exact) mass is 536 g/mol. The first-order valence-corrected chi connectivity index (χ1v) is 14.5. The van der Waals surface area contributed by atoms with Crippen molar-refractivity contribution in [2.45, 2.75) is 32.6 Å². The number of aromatic nitrogens is 1. The summed E-state index contributed by atoms with van der Waals surface area (Å²) in [5.41, 5.74) is 6.20. The summed E-state index contributed by atoms with van der Waals surface area (Å²) < 4.78 is 0. The van der Waals surface area contributed by atoms with E-state index in [9.17, 15) is 9.59 Å². The Kier molecular flexibility index (Phi) is 7.16. The van der Waals surface area contributed by atoms with Crippen LogP contribution in [0.15, 0.2) is 72.8 Å². The first-order valence-electron chi connectivity index (χ1n) is 13.7. The maximum absolute atomic E-state index is 13.9. The van der Waals surface area contributed by atoms with E-state index in [4.69, 9.17) is 4.98 Å². The Morgan fingerprint density at radius 3 is 2.36 bits per heavy atom. The number of hydrogen-bond acceptors (Lipinski definition) is 5. The van der Waals surface area contributed by atoms with Crippen LogP contribution in [0, 0.1) is 0 Å². The van der Waals surface area contributed by atoms with Gasteiger partial charge in [0.2, 0.25) is 0 Å². The van der Waals surface area contributed by atoms with E-state index in [-0.39, 0.29) is 11.8 Å². The fourth-order valence-electron chi connectivity index (χ4n) is 5.50. The van der Waals surface area contributed by atoms with Gasteiger partial charge in [0.1, 0.15) is 11.5 Å². The first kappa shape index (κ1) is 25.3. The van der Waals surface area contributed by atoms with Gasteiger partial charge in [-0.3, -0.25) is 9.59 Å². The molecule has 1 N–H and O–H groups in total. The SMILES string of the molecule is CCCNC(=O)c1cc2c(s1)-c1ccccc1N(C(=O)c1cccc(N3CCc4ccccc4CC3)n1)CC2. The number of hydrogen-bond donors (Lipinski definition) is 1. The summed E-state index contributed by atoms with van der Waals surface area (Å²) in [6.07, 6.45) is 3.52. The topological polar surface area (TPSA) is 65.5 Å². The fourth-order valence-corrected chi connectivity index (χ4v) is 6.66. The average molecular weight is 537 g/mol. The lowest BCUT2D eigenvalue weighted by Gasteiger charge is -2.25. The molecule has 2 aromatic heterocycles. The van der Waals surface area contributed by atoms with Gasteiger partial charge in [0.25, 0.3) is 11.8 Å². The molecule has 0 radical (unpaired) electrons. The molecular weight excluding hydrogens is 504 g/mol. The van der Waals surface area contributed by atoms with Gasteiger partial charge in [0, 0.05) is 36.6 Å². The first-order chi connectivity index (χ1) is 19.1. The molecule has 6 nitrogen and oxygen atoms in total. The molecule has 0 fully saturated rings. The molecule has 2 aromatic carbocycles. The lowest BCUT2D eigenvalue weighted by molar-refractivity contribution is 0.0955. The average Bonchev–Trinajstić information content (AvgIpc) is 3.19. The minimum atomic E-state index is -0.0986. The molecule has 6 rings (SSSR count). The predicted octanol–water partition coefficient (Wildman–Crippen LogP) is 5.76. The van der Waals surface area contributed by atoms with Crippen molar-refractivity contribution in [2.24, 2.45) is 0 Å².